The quantitative estimate of drug-likeness (QED) is 0.851. The number of likely N-dealkylation sites (tertiary alicyclic amines) is 1. The number of halogens is 1. The second kappa shape index (κ2) is 6.14. The number of carboxylic acids is 1. The Hall–Kier alpha value is -1.17. The van der Waals surface area contributed by atoms with Crippen molar-refractivity contribution in [3.8, 4) is 10.4 Å². The molecule has 1 fully saturated rings. The molecule has 1 N–H and O–H groups in total. The fourth-order valence-corrected chi connectivity index (χ4v) is 4.57. The summed E-state index contributed by atoms with van der Waals surface area (Å²) in [5, 5.41) is 9.31. The SMILES string of the molecule is CC1(C(=O)O)CCN(Cc2ccc(-c3ccccc3Br)s2)C1. The first-order valence-corrected chi connectivity index (χ1v) is 8.88. The third kappa shape index (κ3) is 3.12. The first kappa shape index (κ1) is 15.7. The summed E-state index contributed by atoms with van der Waals surface area (Å²) in [6, 6.07) is 12.5. The molecule has 0 amide bonds. The maximum absolute atomic E-state index is 11.3. The number of rotatable bonds is 4. The standard InChI is InChI=1S/C17H18BrNO2S/c1-17(16(20)21)8-9-19(11-17)10-12-6-7-15(22-12)13-4-2-3-5-14(13)18/h2-7H,8-11H2,1H3,(H,20,21). The average Bonchev–Trinajstić information content (AvgIpc) is 3.08. The number of carbonyl (C=O) groups is 1. The Morgan fingerprint density at radius 1 is 1.36 bits per heavy atom. The van der Waals surface area contributed by atoms with E-state index < -0.39 is 11.4 Å². The zero-order valence-corrected chi connectivity index (χ0v) is 14.8. The molecule has 0 bridgehead atoms. The summed E-state index contributed by atoms with van der Waals surface area (Å²) in [5.74, 6) is -0.685. The third-order valence-electron chi connectivity index (χ3n) is 4.25. The molecule has 1 aromatic carbocycles. The summed E-state index contributed by atoms with van der Waals surface area (Å²) in [6.45, 7) is 4.16. The number of benzene rings is 1. The molecule has 1 saturated heterocycles. The highest BCUT2D eigenvalue weighted by Gasteiger charge is 2.40. The molecule has 116 valence electrons. The molecule has 0 aliphatic carbocycles. The van der Waals surface area contributed by atoms with Crippen molar-refractivity contribution in [2.75, 3.05) is 13.1 Å². The molecule has 2 aromatic rings. The Balaban J connectivity index is 1.71. The van der Waals surface area contributed by atoms with E-state index in [1.807, 2.05) is 25.1 Å². The molecule has 1 aliphatic heterocycles. The Bertz CT molecular complexity index is 699. The van der Waals surface area contributed by atoms with Gasteiger partial charge in [-0.2, -0.15) is 0 Å². The van der Waals surface area contributed by atoms with Gasteiger partial charge in [0.25, 0.3) is 0 Å². The lowest BCUT2D eigenvalue weighted by molar-refractivity contribution is -0.147. The van der Waals surface area contributed by atoms with Gasteiger partial charge in [0.15, 0.2) is 0 Å². The van der Waals surface area contributed by atoms with Gasteiger partial charge < -0.3 is 5.11 Å². The summed E-state index contributed by atoms with van der Waals surface area (Å²) in [7, 11) is 0. The maximum atomic E-state index is 11.3. The minimum absolute atomic E-state index is 0.595. The van der Waals surface area contributed by atoms with Crippen molar-refractivity contribution >= 4 is 33.2 Å². The van der Waals surface area contributed by atoms with E-state index in [0.29, 0.717) is 6.54 Å². The van der Waals surface area contributed by atoms with Crippen LogP contribution in [0.25, 0.3) is 10.4 Å². The molecular formula is C17H18BrNO2S. The Kier molecular flexibility index (Phi) is 4.39. The summed E-state index contributed by atoms with van der Waals surface area (Å²) < 4.78 is 1.10. The lowest BCUT2D eigenvalue weighted by Gasteiger charge is -2.19. The Morgan fingerprint density at radius 2 is 2.14 bits per heavy atom. The first-order chi connectivity index (χ1) is 10.5. The van der Waals surface area contributed by atoms with Crippen molar-refractivity contribution in [1.29, 1.82) is 0 Å². The zero-order valence-electron chi connectivity index (χ0n) is 12.4. The van der Waals surface area contributed by atoms with E-state index in [9.17, 15) is 9.90 Å². The second-order valence-corrected chi connectivity index (χ2v) is 8.09. The molecule has 3 nitrogen and oxygen atoms in total. The van der Waals surface area contributed by atoms with Crippen molar-refractivity contribution < 1.29 is 9.90 Å². The monoisotopic (exact) mass is 379 g/mol. The number of hydrogen-bond acceptors (Lipinski definition) is 3. The smallest absolute Gasteiger partial charge is 0.310 e. The highest BCUT2D eigenvalue weighted by molar-refractivity contribution is 9.10. The minimum atomic E-state index is -0.685. The minimum Gasteiger partial charge on any atom is -0.481 e. The molecule has 3 rings (SSSR count). The maximum Gasteiger partial charge on any atom is 0.310 e. The van der Waals surface area contributed by atoms with Crippen molar-refractivity contribution in [3.63, 3.8) is 0 Å². The number of aliphatic carboxylic acids is 1. The molecule has 1 aromatic heterocycles. The number of nitrogens with zero attached hydrogens (tertiary/aromatic N) is 1. The highest BCUT2D eigenvalue weighted by Crippen LogP contribution is 2.36. The van der Waals surface area contributed by atoms with Crippen LogP contribution in [0.5, 0.6) is 0 Å². The van der Waals surface area contributed by atoms with Gasteiger partial charge in [0.1, 0.15) is 0 Å². The molecule has 0 saturated carbocycles. The lowest BCUT2D eigenvalue weighted by atomic mass is 9.90. The van der Waals surface area contributed by atoms with E-state index in [-0.39, 0.29) is 0 Å². The van der Waals surface area contributed by atoms with E-state index >= 15 is 0 Å². The fourth-order valence-electron chi connectivity index (χ4n) is 2.86. The van der Waals surface area contributed by atoms with E-state index in [4.69, 9.17) is 0 Å². The third-order valence-corrected chi connectivity index (χ3v) is 6.04. The highest BCUT2D eigenvalue weighted by atomic mass is 79.9. The molecule has 0 radical (unpaired) electrons. The van der Waals surface area contributed by atoms with Crippen LogP contribution in [0.1, 0.15) is 18.2 Å². The average molecular weight is 380 g/mol. The molecular weight excluding hydrogens is 362 g/mol. The number of hydrogen-bond donors (Lipinski definition) is 1. The van der Waals surface area contributed by atoms with Gasteiger partial charge >= 0.3 is 5.97 Å². The van der Waals surface area contributed by atoms with Crippen molar-refractivity contribution in [3.05, 3.63) is 45.7 Å². The molecule has 1 aliphatic rings. The normalized spacial score (nSPS) is 22.1. The number of thiophene rings is 1. The summed E-state index contributed by atoms with van der Waals surface area (Å²) >= 11 is 5.37. The van der Waals surface area contributed by atoms with E-state index in [1.54, 1.807) is 11.3 Å². The van der Waals surface area contributed by atoms with E-state index in [1.165, 1.54) is 15.3 Å². The molecule has 2 heterocycles. The van der Waals surface area contributed by atoms with Crippen LogP contribution >= 0.6 is 27.3 Å². The molecule has 5 heteroatoms. The van der Waals surface area contributed by atoms with E-state index in [0.717, 1.165) is 24.0 Å². The van der Waals surface area contributed by atoms with Crippen LogP contribution in [-0.2, 0) is 11.3 Å². The van der Waals surface area contributed by atoms with Gasteiger partial charge in [-0.1, -0.05) is 34.1 Å². The zero-order chi connectivity index (χ0) is 15.7. The van der Waals surface area contributed by atoms with Gasteiger partial charge in [0.05, 0.1) is 5.41 Å². The molecule has 1 atom stereocenters. The van der Waals surface area contributed by atoms with Gasteiger partial charge in [0.2, 0.25) is 0 Å². The molecule has 0 spiro atoms. The van der Waals surface area contributed by atoms with Gasteiger partial charge in [0, 0.05) is 32.9 Å². The summed E-state index contributed by atoms with van der Waals surface area (Å²) in [6.07, 6.45) is 0.727. The summed E-state index contributed by atoms with van der Waals surface area (Å²) in [4.78, 5) is 16.1. The second-order valence-electron chi connectivity index (χ2n) is 6.07. The van der Waals surface area contributed by atoms with Gasteiger partial charge in [-0.25, -0.2) is 0 Å². The van der Waals surface area contributed by atoms with Gasteiger partial charge in [-0.05, 0) is 38.1 Å². The Morgan fingerprint density at radius 3 is 2.82 bits per heavy atom. The van der Waals surface area contributed by atoms with Crippen LogP contribution in [0.2, 0.25) is 0 Å². The van der Waals surface area contributed by atoms with Crippen molar-refractivity contribution in [2.45, 2.75) is 19.9 Å². The van der Waals surface area contributed by atoms with Crippen molar-refractivity contribution in [2.24, 2.45) is 5.41 Å². The first-order valence-electron chi connectivity index (χ1n) is 7.27. The van der Waals surface area contributed by atoms with Crippen LogP contribution in [0, 0.1) is 5.41 Å². The fraction of sp³-hybridized carbons (Fsp3) is 0.353. The topological polar surface area (TPSA) is 40.5 Å². The summed E-state index contributed by atoms with van der Waals surface area (Å²) in [5.41, 5.74) is 0.610. The number of carboxylic acid groups (broad SMARTS) is 1. The predicted octanol–water partition coefficient (Wildman–Crippen LogP) is 4.47. The van der Waals surface area contributed by atoms with Crippen LogP contribution in [0.15, 0.2) is 40.9 Å². The lowest BCUT2D eigenvalue weighted by Crippen LogP contribution is -2.31. The van der Waals surface area contributed by atoms with Crippen LogP contribution in [-0.4, -0.2) is 29.1 Å². The molecule has 22 heavy (non-hydrogen) atoms. The van der Waals surface area contributed by atoms with Crippen molar-refractivity contribution in [1.82, 2.24) is 4.90 Å². The van der Waals surface area contributed by atoms with E-state index in [2.05, 4.69) is 39.0 Å². The van der Waals surface area contributed by atoms with Gasteiger partial charge in [-0.3, -0.25) is 9.69 Å². The van der Waals surface area contributed by atoms with Crippen LogP contribution in [0.3, 0.4) is 0 Å². The largest absolute Gasteiger partial charge is 0.481 e. The predicted molar refractivity (Wildman–Crippen MR) is 93.1 cm³/mol. The molecule has 1 unspecified atom stereocenters. The Labute approximate surface area is 142 Å². The van der Waals surface area contributed by atoms with Gasteiger partial charge in [-0.15, -0.1) is 11.3 Å². The van der Waals surface area contributed by atoms with Crippen LogP contribution < -0.4 is 0 Å². The van der Waals surface area contributed by atoms with Crippen LogP contribution in [0.4, 0.5) is 0 Å².